The molecule has 6 heteroatoms. The van der Waals surface area contributed by atoms with E-state index in [1.165, 1.54) is 5.56 Å². The van der Waals surface area contributed by atoms with Crippen LogP contribution in [0.4, 0.5) is 5.69 Å². The van der Waals surface area contributed by atoms with Crippen LogP contribution in [0.5, 0.6) is 0 Å². The molecule has 2 aromatic rings. The molecule has 134 valence electrons. The largest absolute Gasteiger partial charge is 0.369 e. The van der Waals surface area contributed by atoms with E-state index in [-0.39, 0.29) is 0 Å². The van der Waals surface area contributed by atoms with Gasteiger partial charge in [0.1, 0.15) is 0 Å². The summed E-state index contributed by atoms with van der Waals surface area (Å²) in [6.45, 7) is 6.69. The van der Waals surface area contributed by atoms with Gasteiger partial charge in [-0.25, -0.2) is 8.42 Å². The summed E-state index contributed by atoms with van der Waals surface area (Å²) >= 11 is 5.85. The average Bonchev–Trinajstić information content (AvgIpc) is 2.62. The highest BCUT2D eigenvalue weighted by atomic mass is 35.5. The fraction of sp³-hybridized carbons (Fsp3) is 0.368. The first kappa shape index (κ1) is 18.2. The third-order valence-corrected chi connectivity index (χ3v) is 6.78. The van der Waals surface area contributed by atoms with Crippen LogP contribution >= 0.6 is 11.6 Å². The van der Waals surface area contributed by atoms with Gasteiger partial charge in [0.05, 0.1) is 4.90 Å². The Morgan fingerprint density at radius 3 is 1.96 bits per heavy atom. The van der Waals surface area contributed by atoms with Crippen molar-refractivity contribution >= 4 is 27.3 Å². The Balaban J connectivity index is 1.68. The number of halogens is 1. The van der Waals surface area contributed by atoms with Crippen LogP contribution in [-0.2, 0) is 10.0 Å². The number of piperazine rings is 1. The number of nitrogens with zero attached hydrogens (tertiary/aromatic N) is 2. The minimum Gasteiger partial charge on any atom is -0.369 e. The van der Waals surface area contributed by atoms with Gasteiger partial charge in [0, 0.05) is 36.9 Å². The van der Waals surface area contributed by atoms with Gasteiger partial charge in [-0.1, -0.05) is 37.6 Å². The first-order valence-corrected chi connectivity index (χ1v) is 10.3. The summed E-state index contributed by atoms with van der Waals surface area (Å²) in [5.41, 5.74) is 2.46. The number of anilines is 1. The summed E-state index contributed by atoms with van der Waals surface area (Å²) in [6, 6.07) is 14.9. The molecule has 0 bridgehead atoms. The molecule has 0 unspecified atom stereocenters. The SMILES string of the molecule is CC(C)c1ccc(N2CCN(S(=O)(=O)c3ccc(Cl)cc3)CC2)cc1. The second kappa shape index (κ2) is 7.36. The molecular weight excluding hydrogens is 356 g/mol. The van der Waals surface area contributed by atoms with Gasteiger partial charge in [0.25, 0.3) is 0 Å². The number of hydrogen-bond acceptors (Lipinski definition) is 3. The summed E-state index contributed by atoms with van der Waals surface area (Å²) in [6.07, 6.45) is 0. The predicted octanol–water partition coefficient (Wildman–Crippen LogP) is 3.97. The Hall–Kier alpha value is -1.56. The van der Waals surface area contributed by atoms with Gasteiger partial charge in [-0.05, 0) is 47.9 Å². The Labute approximate surface area is 155 Å². The van der Waals surface area contributed by atoms with Crippen molar-refractivity contribution in [2.75, 3.05) is 31.1 Å². The predicted molar refractivity (Wildman–Crippen MR) is 103 cm³/mol. The lowest BCUT2D eigenvalue weighted by Crippen LogP contribution is -2.48. The fourth-order valence-electron chi connectivity index (χ4n) is 3.01. The van der Waals surface area contributed by atoms with Crippen LogP contribution in [0.1, 0.15) is 25.3 Å². The smallest absolute Gasteiger partial charge is 0.243 e. The first-order chi connectivity index (χ1) is 11.9. The molecule has 1 heterocycles. The second-order valence-electron chi connectivity index (χ2n) is 6.59. The summed E-state index contributed by atoms with van der Waals surface area (Å²) in [5.74, 6) is 0.510. The minimum absolute atomic E-state index is 0.298. The lowest BCUT2D eigenvalue weighted by atomic mass is 10.0. The van der Waals surface area contributed by atoms with Crippen LogP contribution in [-0.4, -0.2) is 38.9 Å². The van der Waals surface area contributed by atoms with Crippen LogP contribution < -0.4 is 4.90 Å². The molecular formula is C19H23ClN2O2S. The van der Waals surface area contributed by atoms with Gasteiger partial charge in [-0.2, -0.15) is 4.31 Å². The zero-order valence-corrected chi connectivity index (χ0v) is 16.1. The highest BCUT2D eigenvalue weighted by Gasteiger charge is 2.28. The number of sulfonamides is 1. The molecule has 1 fully saturated rings. The van der Waals surface area contributed by atoms with Crippen molar-refractivity contribution in [3.63, 3.8) is 0 Å². The zero-order chi connectivity index (χ0) is 18.0. The van der Waals surface area contributed by atoms with Crippen molar-refractivity contribution in [2.45, 2.75) is 24.7 Å². The zero-order valence-electron chi connectivity index (χ0n) is 14.5. The van der Waals surface area contributed by atoms with Crippen LogP contribution in [0.2, 0.25) is 5.02 Å². The molecule has 1 saturated heterocycles. The van der Waals surface area contributed by atoms with Crippen molar-refractivity contribution in [3.05, 3.63) is 59.1 Å². The number of benzene rings is 2. The summed E-state index contributed by atoms with van der Waals surface area (Å²) < 4.78 is 27.0. The van der Waals surface area contributed by atoms with E-state index in [1.807, 2.05) is 0 Å². The summed E-state index contributed by atoms with van der Waals surface area (Å²) in [5, 5.41) is 0.536. The van der Waals surface area contributed by atoms with Gasteiger partial charge in [0.15, 0.2) is 0 Å². The van der Waals surface area contributed by atoms with Crippen molar-refractivity contribution in [3.8, 4) is 0 Å². The average molecular weight is 379 g/mol. The molecule has 0 radical (unpaired) electrons. The van der Waals surface area contributed by atoms with E-state index in [2.05, 4.69) is 43.0 Å². The molecule has 0 saturated carbocycles. The molecule has 25 heavy (non-hydrogen) atoms. The minimum atomic E-state index is -3.45. The van der Waals surface area contributed by atoms with E-state index >= 15 is 0 Å². The molecule has 0 aromatic heterocycles. The van der Waals surface area contributed by atoms with Gasteiger partial charge in [-0.15, -0.1) is 0 Å². The molecule has 3 rings (SSSR count). The standard InChI is InChI=1S/C19H23ClN2O2S/c1-15(2)16-3-7-18(8-4-16)21-11-13-22(14-12-21)25(23,24)19-9-5-17(20)6-10-19/h3-10,15H,11-14H2,1-2H3. The number of hydrogen-bond donors (Lipinski definition) is 0. The molecule has 1 aliphatic heterocycles. The Kier molecular flexibility index (Phi) is 5.37. The Bertz CT molecular complexity index is 810. The third-order valence-electron chi connectivity index (χ3n) is 4.61. The molecule has 1 aliphatic rings. The topological polar surface area (TPSA) is 40.6 Å². The van der Waals surface area contributed by atoms with E-state index in [0.717, 1.165) is 5.69 Å². The molecule has 0 spiro atoms. The summed E-state index contributed by atoms with van der Waals surface area (Å²) in [4.78, 5) is 2.53. The highest BCUT2D eigenvalue weighted by molar-refractivity contribution is 7.89. The maximum Gasteiger partial charge on any atom is 0.243 e. The van der Waals surface area contributed by atoms with Crippen LogP contribution in [0, 0.1) is 0 Å². The van der Waals surface area contributed by atoms with E-state index in [4.69, 9.17) is 11.6 Å². The molecule has 0 aliphatic carbocycles. The fourth-order valence-corrected chi connectivity index (χ4v) is 4.56. The lowest BCUT2D eigenvalue weighted by molar-refractivity contribution is 0.385. The van der Waals surface area contributed by atoms with Gasteiger partial charge < -0.3 is 4.90 Å². The normalized spacial score (nSPS) is 16.4. The third kappa shape index (κ3) is 4.00. The van der Waals surface area contributed by atoms with Gasteiger partial charge in [-0.3, -0.25) is 0 Å². The van der Waals surface area contributed by atoms with Crippen LogP contribution in [0.25, 0.3) is 0 Å². The lowest BCUT2D eigenvalue weighted by Gasteiger charge is -2.35. The quantitative estimate of drug-likeness (QED) is 0.808. The van der Waals surface area contributed by atoms with E-state index in [1.54, 1.807) is 28.6 Å². The molecule has 4 nitrogen and oxygen atoms in total. The van der Waals surface area contributed by atoms with Crippen molar-refractivity contribution in [2.24, 2.45) is 0 Å². The van der Waals surface area contributed by atoms with Crippen LogP contribution in [0.15, 0.2) is 53.4 Å². The van der Waals surface area contributed by atoms with Gasteiger partial charge in [0.2, 0.25) is 10.0 Å². The molecule has 0 amide bonds. The van der Waals surface area contributed by atoms with Gasteiger partial charge >= 0.3 is 0 Å². The van der Waals surface area contributed by atoms with Crippen molar-refractivity contribution in [1.29, 1.82) is 0 Å². The first-order valence-electron chi connectivity index (χ1n) is 8.48. The molecule has 0 N–H and O–H groups in total. The van der Waals surface area contributed by atoms with E-state index < -0.39 is 10.0 Å². The Morgan fingerprint density at radius 2 is 1.44 bits per heavy atom. The molecule has 0 atom stereocenters. The van der Waals surface area contributed by atoms with E-state index in [9.17, 15) is 8.42 Å². The van der Waals surface area contributed by atoms with Crippen LogP contribution in [0.3, 0.4) is 0 Å². The maximum absolute atomic E-state index is 12.7. The molecule has 2 aromatic carbocycles. The highest BCUT2D eigenvalue weighted by Crippen LogP contribution is 2.24. The number of rotatable bonds is 4. The van der Waals surface area contributed by atoms with Crippen molar-refractivity contribution < 1.29 is 8.42 Å². The maximum atomic E-state index is 12.7. The second-order valence-corrected chi connectivity index (χ2v) is 8.97. The van der Waals surface area contributed by atoms with Crippen molar-refractivity contribution in [1.82, 2.24) is 4.31 Å². The monoisotopic (exact) mass is 378 g/mol. The summed E-state index contributed by atoms with van der Waals surface area (Å²) in [7, 11) is -3.45. The Morgan fingerprint density at radius 1 is 0.880 bits per heavy atom. The van der Waals surface area contributed by atoms with E-state index in [0.29, 0.717) is 42.0 Å².